The molecule has 0 fully saturated rings. The van der Waals surface area contributed by atoms with Crippen molar-refractivity contribution in [2.75, 3.05) is 16.4 Å². The van der Waals surface area contributed by atoms with Crippen LogP contribution in [-0.2, 0) is 4.79 Å². The maximum absolute atomic E-state index is 13.7. The first-order chi connectivity index (χ1) is 18.7. The Bertz CT molecular complexity index is 1590. The van der Waals surface area contributed by atoms with Crippen LogP contribution in [0.3, 0.4) is 0 Å². The average molecular weight is 540 g/mol. The van der Waals surface area contributed by atoms with Crippen molar-refractivity contribution in [1.29, 1.82) is 0 Å². The van der Waals surface area contributed by atoms with Crippen molar-refractivity contribution in [3.63, 3.8) is 0 Å². The standard InChI is InChI=1S/C30H29N5O3S/c1-17-5-8-21(9-6-17)25(37)16-39-30-33-29-31-20(4)26(28(38)32-24-14-7-18(2)15-19(24)3)27(35(29)34-30)22-10-12-23(36)13-11-22/h5-15,27,36H,16H2,1-4H3,(H,32,38)(H,31,33,34)/t27-/m0/s1. The zero-order chi connectivity index (χ0) is 27.7. The summed E-state index contributed by atoms with van der Waals surface area (Å²) in [4.78, 5) is 31.0. The molecule has 2 heterocycles. The molecule has 39 heavy (non-hydrogen) atoms. The smallest absolute Gasteiger partial charge is 0.255 e. The van der Waals surface area contributed by atoms with Crippen molar-refractivity contribution in [2.24, 2.45) is 0 Å². The molecule has 1 aliphatic heterocycles. The number of phenols is 1. The Kier molecular flexibility index (Phi) is 7.26. The van der Waals surface area contributed by atoms with E-state index >= 15 is 0 Å². The lowest BCUT2D eigenvalue weighted by molar-refractivity contribution is -0.113. The van der Waals surface area contributed by atoms with E-state index in [0.717, 1.165) is 27.9 Å². The van der Waals surface area contributed by atoms with Gasteiger partial charge in [0.1, 0.15) is 11.8 Å². The number of allylic oxidation sites excluding steroid dienone is 1. The fourth-order valence-corrected chi connectivity index (χ4v) is 5.27. The Morgan fingerprint density at radius 2 is 1.67 bits per heavy atom. The monoisotopic (exact) mass is 539 g/mol. The van der Waals surface area contributed by atoms with Crippen LogP contribution in [0.25, 0.3) is 0 Å². The van der Waals surface area contributed by atoms with Gasteiger partial charge in [-0.2, -0.15) is 4.98 Å². The minimum Gasteiger partial charge on any atom is -0.508 e. The molecule has 1 atom stereocenters. The molecule has 0 radical (unpaired) electrons. The van der Waals surface area contributed by atoms with Crippen LogP contribution in [0.4, 0.5) is 11.6 Å². The van der Waals surface area contributed by atoms with E-state index < -0.39 is 6.04 Å². The molecule has 0 bridgehead atoms. The number of thioether (sulfide) groups is 1. The second-order valence-electron chi connectivity index (χ2n) is 9.67. The fourth-order valence-electron chi connectivity index (χ4n) is 4.55. The first-order valence-corrected chi connectivity index (χ1v) is 13.5. The van der Waals surface area contributed by atoms with Crippen molar-refractivity contribution in [3.8, 4) is 5.75 Å². The Morgan fingerprint density at radius 3 is 2.36 bits per heavy atom. The van der Waals surface area contributed by atoms with Crippen LogP contribution in [-0.4, -0.2) is 37.3 Å². The Balaban J connectivity index is 1.45. The Labute approximate surface area is 231 Å². The molecule has 5 rings (SSSR count). The van der Waals surface area contributed by atoms with Gasteiger partial charge in [0, 0.05) is 16.9 Å². The molecule has 0 spiro atoms. The summed E-state index contributed by atoms with van der Waals surface area (Å²) in [7, 11) is 0. The third-order valence-corrected chi connectivity index (χ3v) is 7.46. The molecule has 1 amide bonds. The van der Waals surface area contributed by atoms with Gasteiger partial charge >= 0.3 is 0 Å². The predicted octanol–water partition coefficient (Wildman–Crippen LogP) is 5.81. The molecule has 1 aliphatic rings. The summed E-state index contributed by atoms with van der Waals surface area (Å²) in [6.07, 6.45) is 0. The van der Waals surface area contributed by atoms with Crippen molar-refractivity contribution >= 4 is 35.1 Å². The van der Waals surface area contributed by atoms with E-state index in [0.29, 0.717) is 27.9 Å². The highest BCUT2D eigenvalue weighted by molar-refractivity contribution is 7.99. The first-order valence-electron chi connectivity index (χ1n) is 12.5. The highest BCUT2D eigenvalue weighted by Gasteiger charge is 2.34. The molecule has 8 nitrogen and oxygen atoms in total. The number of Topliss-reactive ketones (excluding diaryl/α,β-unsaturated/α-hetero) is 1. The zero-order valence-electron chi connectivity index (χ0n) is 22.1. The van der Waals surface area contributed by atoms with Gasteiger partial charge in [-0.1, -0.05) is 71.4 Å². The number of nitrogens with one attached hydrogen (secondary N) is 2. The van der Waals surface area contributed by atoms with Crippen molar-refractivity contribution in [3.05, 3.63) is 106 Å². The van der Waals surface area contributed by atoms with E-state index in [1.165, 1.54) is 11.8 Å². The van der Waals surface area contributed by atoms with Crippen LogP contribution >= 0.6 is 11.8 Å². The topological polar surface area (TPSA) is 109 Å². The molecular weight excluding hydrogens is 510 g/mol. The van der Waals surface area contributed by atoms with Crippen LogP contribution in [0.1, 0.15) is 45.6 Å². The van der Waals surface area contributed by atoms with Crippen LogP contribution in [0, 0.1) is 20.8 Å². The number of carbonyl (C=O) groups is 2. The number of anilines is 2. The molecule has 0 saturated heterocycles. The normalized spacial score (nSPS) is 14.5. The predicted molar refractivity (Wildman–Crippen MR) is 153 cm³/mol. The highest BCUT2D eigenvalue weighted by atomic mass is 32.2. The number of rotatable bonds is 7. The van der Waals surface area contributed by atoms with Crippen molar-refractivity contribution < 1.29 is 14.7 Å². The number of benzene rings is 3. The lowest BCUT2D eigenvalue weighted by Gasteiger charge is -2.28. The summed E-state index contributed by atoms with van der Waals surface area (Å²) in [6.45, 7) is 7.77. The van der Waals surface area contributed by atoms with Gasteiger partial charge in [-0.15, -0.1) is 5.10 Å². The van der Waals surface area contributed by atoms with Crippen LogP contribution in [0.2, 0.25) is 0 Å². The van der Waals surface area contributed by atoms with E-state index in [9.17, 15) is 14.7 Å². The van der Waals surface area contributed by atoms with Crippen molar-refractivity contribution in [1.82, 2.24) is 14.8 Å². The zero-order valence-corrected chi connectivity index (χ0v) is 23.0. The molecule has 198 valence electrons. The Morgan fingerprint density at radius 1 is 0.974 bits per heavy atom. The van der Waals surface area contributed by atoms with Gasteiger partial charge in [-0.3, -0.25) is 9.59 Å². The summed E-state index contributed by atoms with van der Waals surface area (Å²) in [6, 6.07) is 19.4. The maximum Gasteiger partial charge on any atom is 0.255 e. The molecule has 1 aromatic heterocycles. The quantitative estimate of drug-likeness (QED) is 0.201. The van der Waals surface area contributed by atoms with E-state index in [1.807, 2.05) is 70.2 Å². The summed E-state index contributed by atoms with van der Waals surface area (Å²) < 4.78 is 1.66. The SMILES string of the molecule is CC1=C(C(=O)Nc2ccc(C)cc2C)[C@H](c2ccc(O)cc2)n2nc(SCC(=O)c3ccc(C)cc3)nc2N1. The lowest BCUT2D eigenvalue weighted by atomic mass is 9.95. The van der Waals surface area contributed by atoms with E-state index in [2.05, 4.69) is 15.6 Å². The summed E-state index contributed by atoms with van der Waals surface area (Å²) in [5, 5.41) is 21.3. The molecule has 0 unspecified atom stereocenters. The van der Waals surface area contributed by atoms with E-state index in [4.69, 9.17) is 5.10 Å². The third-order valence-electron chi connectivity index (χ3n) is 6.62. The van der Waals surface area contributed by atoms with Crippen LogP contribution in [0.15, 0.2) is 83.2 Å². The second kappa shape index (κ2) is 10.8. The second-order valence-corrected chi connectivity index (χ2v) is 10.6. The van der Waals surface area contributed by atoms with Gasteiger partial charge in [0.15, 0.2) is 5.78 Å². The number of hydrogen-bond donors (Lipinski definition) is 3. The van der Waals surface area contributed by atoms with Crippen LogP contribution < -0.4 is 10.6 Å². The number of amides is 1. The molecule has 9 heteroatoms. The number of fused-ring (bicyclic) bond motifs is 1. The summed E-state index contributed by atoms with van der Waals surface area (Å²) >= 11 is 1.25. The molecule has 0 saturated carbocycles. The number of aromatic nitrogens is 3. The Hall–Kier alpha value is -4.37. The highest BCUT2D eigenvalue weighted by Crippen LogP contribution is 2.37. The first kappa shape index (κ1) is 26.2. The maximum atomic E-state index is 13.7. The van der Waals surface area contributed by atoms with E-state index in [-0.39, 0.29) is 23.2 Å². The minimum absolute atomic E-state index is 0.0151. The average Bonchev–Trinajstić information content (AvgIpc) is 3.31. The number of aromatic hydroxyl groups is 1. The molecule has 3 N–H and O–H groups in total. The number of nitrogens with zero attached hydrogens (tertiary/aromatic N) is 3. The largest absolute Gasteiger partial charge is 0.508 e. The fraction of sp³-hybridized carbons (Fsp3) is 0.200. The van der Waals surface area contributed by atoms with Gasteiger partial charge < -0.3 is 15.7 Å². The van der Waals surface area contributed by atoms with Gasteiger partial charge in [0.25, 0.3) is 5.91 Å². The molecular formula is C30H29N5O3S. The number of hydrogen-bond acceptors (Lipinski definition) is 7. The van der Waals surface area contributed by atoms with Gasteiger partial charge in [0.05, 0.1) is 11.3 Å². The number of ketones is 1. The van der Waals surface area contributed by atoms with E-state index in [1.54, 1.807) is 28.9 Å². The number of phenolic OH excluding ortho intramolecular Hbond substituents is 1. The molecule has 0 aliphatic carbocycles. The van der Waals surface area contributed by atoms with Gasteiger partial charge in [0.2, 0.25) is 11.1 Å². The van der Waals surface area contributed by atoms with Gasteiger partial charge in [-0.05, 0) is 57.0 Å². The lowest BCUT2D eigenvalue weighted by Crippen LogP contribution is -2.31. The number of carbonyl (C=O) groups excluding carboxylic acids is 2. The third kappa shape index (κ3) is 5.58. The molecule has 3 aromatic carbocycles. The summed E-state index contributed by atoms with van der Waals surface area (Å²) in [5.41, 5.74) is 6.41. The van der Waals surface area contributed by atoms with Gasteiger partial charge in [-0.25, -0.2) is 4.68 Å². The van der Waals surface area contributed by atoms with Crippen molar-refractivity contribution in [2.45, 2.75) is 38.9 Å². The summed E-state index contributed by atoms with van der Waals surface area (Å²) in [5.74, 6) is 0.495. The minimum atomic E-state index is -0.595. The molecule has 4 aromatic rings. The van der Waals surface area contributed by atoms with Crippen LogP contribution in [0.5, 0.6) is 5.75 Å². The number of aryl methyl sites for hydroxylation is 3.